The van der Waals surface area contributed by atoms with Crippen molar-refractivity contribution in [3.8, 4) is 5.75 Å². The molecule has 1 aliphatic rings. The normalized spacial score (nSPS) is 15.7. The third kappa shape index (κ3) is 5.12. The summed E-state index contributed by atoms with van der Waals surface area (Å²) in [6.45, 7) is 0.707. The van der Waals surface area contributed by atoms with Crippen molar-refractivity contribution in [3.05, 3.63) is 46.2 Å². The molecule has 2 aromatic rings. The molecule has 1 aliphatic heterocycles. The standard InChI is InChI=1S/C18H19F3N2O5S2/c1-22(12-13-4-2-3-5-14(13)28-18(19,20)21)17(24)16-15(6-11-29-16)30(25,26)23-7-9-27-10-8-23/h2-6,11H,7-10,12H2,1H3. The number of para-hydroxylation sites is 1. The maximum absolute atomic E-state index is 12.9. The summed E-state index contributed by atoms with van der Waals surface area (Å²) in [4.78, 5) is 14.0. The van der Waals surface area contributed by atoms with Gasteiger partial charge in [-0.3, -0.25) is 4.79 Å². The van der Waals surface area contributed by atoms with Crippen LogP contribution in [0, 0.1) is 0 Å². The molecular formula is C18H19F3N2O5S2. The molecule has 1 aromatic heterocycles. The minimum absolute atomic E-state index is 0.00165. The van der Waals surface area contributed by atoms with E-state index in [0.717, 1.165) is 22.3 Å². The van der Waals surface area contributed by atoms with Crippen LogP contribution in [0.4, 0.5) is 13.2 Å². The summed E-state index contributed by atoms with van der Waals surface area (Å²) in [7, 11) is -2.50. The minimum Gasteiger partial charge on any atom is -0.405 e. The third-order valence-electron chi connectivity index (χ3n) is 4.36. The molecule has 30 heavy (non-hydrogen) atoms. The Bertz CT molecular complexity index is 1000. The fourth-order valence-electron chi connectivity index (χ4n) is 2.94. The van der Waals surface area contributed by atoms with Gasteiger partial charge in [0.1, 0.15) is 15.5 Å². The van der Waals surface area contributed by atoms with Crippen LogP contribution in [0.3, 0.4) is 0 Å². The molecule has 0 N–H and O–H groups in total. The summed E-state index contributed by atoms with van der Waals surface area (Å²) in [6, 6.07) is 6.83. The number of nitrogens with zero attached hydrogens (tertiary/aromatic N) is 2. The SMILES string of the molecule is CN(Cc1ccccc1OC(F)(F)F)C(=O)c1sccc1S(=O)(=O)N1CCOCC1. The van der Waals surface area contributed by atoms with Crippen molar-refractivity contribution in [1.82, 2.24) is 9.21 Å². The van der Waals surface area contributed by atoms with E-state index in [1.807, 2.05) is 0 Å². The van der Waals surface area contributed by atoms with Gasteiger partial charge in [0.25, 0.3) is 5.91 Å². The Morgan fingerprint density at radius 2 is 1.90 bits per heavy atom. The van der Waals surface area contributed by atoms with Gasteiger partial charge in [-0.05, 0) is 17.5 Å². The van der Waals surface area contributed by atoms with Crippen LogP contribution in [-0.2, 0) is 21.3 Å². The minimum atomic E-state index is -4.87. The maximum atomic E-state index is 12.9. The number of thiophene rings is 1. The first-order chi connectivity index (χ1) is 14.1. The number of alkyl halides is 3. The van der Waals surface area contributed by atoms with Gasteiger partial charge in [0.05, 0.1) is 13.2 Å². The molecule has 0 bridgehead atoms. The van der Waals surface area contributed by atoms with Gasteiger partial charge in [-0.15, -0.1) is 24.5 Å². The smallest absolute Gasteiger partial charge is 0.405 e. The number of hydrogen-bond acceptors (Lipinski definition) is 6. The largest absolute Gasteiger partial charge is 0.573 e. The van der Waals surface area contributed by atoms with E-state index in [-0.39, 0.29) is 48.2 Å². The van der Waals surface area contributed by atoms with Gasteiger partial charge in [0.15, 0.2) is 0 Å². The van der Waals surface area contributed by atoms with E-state index in [4.69, 9.17) is 4.74 Å². The zero-order valence-corrected chi connectivity index (χ0v) is 17.5. The Kier molecular flexibility index (Phi) is 6.70. The highest BCUT2D eigenvalue weighted by Gasteiger charge is 2.34. The second-order valence-electron chi connectivity index (χ2n) is 6.45. The maximum Gasteiger partial charge on any atom is 0.573 e. The summed E-state index contributed by atoms with van der Waals surface area (Å²) in [5, 5.41) is 1.50. The quantitative estimate of drug-likeness (QED) is 0.657. The highest BCUT2D eigenvalue weighted by molar-refractivity contribution is 7.89. The lowest BCUT2D eigenvalue weighted by Crippen LogP contribution is -2.41. The highest BCUT2D eigenvalue weighted by atomic mass is 32.2. The van der Waals surface area contributed by atoms with E-state index in [9.17, 15) is 26.4 Å². The number of morpholine rings is 1. The van der Waals surface area contributed by atoms with E-state index in [1.165, 1.54) is 41.0 Å². The molecule has 0 saturated carbocycles. The van der Waals surface area contributed by atoms with Crippen LogP contribution in [0.1, 0.15) is 15.2 Å². The number of carbonyl (C=O) groups excluding carboxylic acids is 1. The van der Waals surface area contributed by atoms with Crippen LogP contribution in [0.15, 0.2) is 40.6 Å². The Hall–Kier alpha value is -2.15. The number of amides is 1. The van der Waals surface area contributed by atoms with Crippen molar-refractivity contribution in [3.63, 3.8) is 0 Å². The van der Waals surface area contributed by atoms with Crippen LogP contribution in [0.5, 0.6) is 5.75 Å². The van der Waals surface area contributed by atoms with E-state index in [2.05, 4.69) is 4.74 Å². The topological polar surface area (TPSA) is 76.2 Å². The van der Waals surface area contributed by atoms with E-state index >= 15 is 0 Å². The Morgan fingerprint density at radius 1 is 1.23 bits per heavy atom. The van der Waals surface area contributed by atoms with Gasteiger partial charge in [-0.25, -0.2) is 8.42 Å². The molecule has 1 fully saturated rings. The Labute approximate surface area is 175 Å². The van der Waals surface area contributed by atoms with Gasteiger partial charge in [0.2, 0.25) is 10.0 Å². The molecule has 0 atom stereocenters. The second-order valence-corrected chi connectivity index (χ2v) is 9.27. The molecule has 164 valence electrons. The van der Waals surface area contributed by atoms with Crippen molar-refractivity contribution < 1.29 is 35.9 Å². The predicted octanol–water partition coefficient (Wildman–Crippen LogP) is 2.94. The van der Waals surface area contributed by atoms with Gasteiger partial charge >= 0.3 is 6.36 Å². The summed E-state index contributed by atoms with van der Waals surface area (Å²) in [5.41, 5.74) is 0.139. The van der Waals surface area contributed by atoms with Crippen LogP contribution < -0.4 is 4.74 Å². The van der Waals surface area contributed by atoms with Crippen molar-refractivity contribution in [2.24, 2.45) is 0 Å². The van der Waals surface area contributed by atoms with Gasteiger partial charge < -0.3 is 14.4 Å². The number of hydrogen-bond donors (Lipinski definition) is 0. The number of benzene rings is 1. The lowest BCUT2D eigenvalue weighted by Gasteiger charge is -2.26. The highest BCUT2D eigenvalue weighted by Crippen LogP contribution is 2.30. The van der Waals surface area contributed by atoms with E-state index < -0.39 is 28.0 Å². The average molecular weight is 464 g/mol. The second kappa shape index (κ2) is 8.92. The summed E-state index contributed by atoms with van der Waals surface area (Å²) in [6.07, 6.45) is -4.87. The number of ether oxygens (including phenoxy) is 2. The molecule has 0 spiro atoms. The third-order valence-corrected chi connectivity index (χ3v) is 7.34. The van der Waals surface area contributed by atoms with Crippen LogP contribution >= 0.6 is 11.3 Å². The predicted molar refractivity (Wildman–Crippen MR) is 103 cm³/mol. The first-order valence-electron chi connectivity index (χ1n) is 8.84. The van der Waals surface area contributed by atoms with Crippen molar-refractivity contribution in [2.75, 3.05) is 33.4 Å². The molecule has 12 heteroatoms. The van der Waals surface area contributed by atoms with Crippen LogP contribution in [0.25, 0.3) is 0 Å². The lowest BCUT2D eigenvalue weighted by molar-refractivity contribution is -0.275. The number of halogens is 3. The molecule has 1 amide bonds. The lowest BCUT2D eigenvalue weighted by atomic mass is 10.2. The molecule has 0 unspecified atom stereocenters. The zero-order valence-electron chi connectivity index (χ0n) is 15.9. The molecule has 2 heterocycles. The number of sulfonamides is 1. The summed E-state index contributed by atoms with van der Waals surface area (Å²) >= 11 is 0.962. The average Bonchev–Trinajstić information content (AvgIpc) is 3.19. The summed E-state index contributed by atoms with van der Waals surface area (Å²) < 4.78 is 74.1. The number of carbonyl (C=O) groups is 1. The zero-order chi connectivity index (χ0) is 21.9. The van der Waals surface area contributed by atoms with Crippen molar-refractivity contribution >= 4 is 27.3 Å². The first kappa shape index (κ1) is 22.5. The molecular weight excluding hydrogens is 445 g/mol. The number of rotatable bonds is 6. The van der Waals surface area contributed by atoms with Gasteiger partial charge in [-0.2, -0.15) is 4.31 Å². The van der Waals surface area contributed by atoms with Gasteiger partial charge in [-0.1, -0.05) is 18.2 Å². The fourth-order valence-corrected chi connectivity index (χ4v) is 5.74. The molecule has 0 aliphatic carbocycles. The fraction of sp³-hybridized carbons (Fsp3) is 0.389. The molecule has 1 aromatic carbocycles. The van der Waals surface area contributed by atoms with Crippen molar-refractivity contribution in [2.45, 2.75) is 17.8 Å². The molecule has 3 rings (SSSR count). The van der Waals surface area contributed by atoms with Crippen LogP contribution in [-0.4, -0.2) is 63.2 Å². The van der Waals surface area contributed by atoms with Crippen LogP contribution in [0.2, 0.25) is 0 Å². The Morgan fingerprint density at radius 3 is 2.57 bits per heavy atom. The summed E-state index contributed by atoms with van der Waals surface area (Å²) in [5.74, 6) is -1.03. The van der Waals surface area contributed by atoms with E-state index in [0.29, 0.717) is 0 Å². The molecule has 0 radical (unpaired) electrons. The van der Waals surface area contributed by atoms with E-state index in [1.54, 1.807) is 0 Å². The van der Waals surface area contributed by atoms with Crippen molar-refractivity contribution in [1.29, 1.82) is 0 Å². The monoisotopic (exact) mass is 464 g/mol. The molecule has 1 saturated heterocycles. The first-order valence-corrected chi connectivity index (χ1v) is 11.2. The Balaban J connectivity index is 1.81. The molecule has 7 nitrogen and oxygen atoms in total. The van der Waals surface area contributed by atoms with Gasteiger partial charge in [0, 0.05) is 32.2 Å².